The molecule has 0 aromatic heterocycles. The number of fused-ring (bicyclic) bond motifs is 3. The van der Waals surface area contributed by atoms with E-state index in [-0.39, 0.29) is 76.9 Å². The average Bonchev–Trinajstić information content (AvgIpc) is 1.10. The number of amides is 2. The molecule has 2 aliphatic heterocycles. The summed E-state index contributed by atoms with van der Waals surface area (Å²) in [5.74, 6) is -1.11. The minimum Gasteiger partial charge on any atom is -0.459 e. The third-order valence-corrected chi connectivity index (χ3v) is 16.2. The summed E-state index contributed by atoms with van der Waals surface area (Å²) in [4.78, 5) is 47.8. The predicted octanol–water partition coefficient (Wildman–Crippen LogP) is 13.0. The topological polar surface area (TPSA) is 219 Å². The lowest BCUT2D eigenvalue weighted by atomic mass is 9.55. The number of allylic oxidation sites excluding steroid dienone is 1. The van der Waals surface area contributed by atoms with Gasteiger partial charge in [-0.2, -0.15) is 0 Å². The highest BCUT2D eigenvalue weighted by molar-refractivity contribution is 6.03. The van der Waals surface area contributed by atoms with Gasteiger partial charge in [-0.1, -0.05) is 131 Å². The SMILES string of the molecule is C=CCO[C@@]12Oc3ccc(OC(=O)NCCCCCCCCCCCC)cc3[C@H]3[C@H](CCCCO)[C@@H](CCCCO)C=C(C(=NOCc4ccc([N+](=O)[O-])cc4)C[C@@H]1N(Cc1ccc4c(c1)OCO4)C(=O)OCCOCc1ccccc1)[C@H]32. The van der Waals surface area contributed by atoms with E-state index in [1.54, 1.807) is 41.3 Å². The number of carbonyl (C=O) groups is 2. The van der Waals surface area contributed by atoms with Crippen molar-refractivity contribution in [2.45, 2.75) is 154 Å². The number of non-ortho nitro benzene ring substituents is 1. The predicted molar refractivity (Wildman–Crippen MR) is 314 cm³/mol. The lowest BCUT2D eigenvalue weighted by Crippen LogP contribution is -2.70. The van der Waals surface area contributed by atoms with Crippen molar-refractivity contribution in [3.8, 4) is 23.0 Å². The van der Waals surface area contributed by atoms with Crippen LogP contribution in [0.15, 0.2) is 120 Å². The number of nitro groups is 1. The van der Waals surface area contributed by atoms with Gasteiger partial charge < -0.3 is 53.5 Å². The van der Waals surface area contributed by atoms with Crippen LogP contribution in [0, 0.1) is 27.9 Å². The summed E-state index contributed by atoms with van der Waals surface area (Å²) in [6.45, 7) is 7.23. The van der Waals surface area contributed by atoms with Crippen LogP contribution in [0.25, 0.3) is 0 Å². The number of benzene rings is 4. The van der Waals surface area contributed by atoms with Gasteiger partial charge in [0, 0.05) is 56.3 Å². The fraction of sp³-hybridized carbons (Fsp3) is 0.523. The quantitative estimate of drug-likeness (QED) is 0.0169. The molecule has 3 N–H and O–H groups in total. The minimum absolute atomic E-state index is 0.00147. The van der Waals surface area contributed by atoms with Crippen LogP contribution in [0.3, 0.4) is 0 Å². The molecule has 0 spiro atoms. The first kappa shape index (κ1) is 62.1. The zero-order valence-corrected chi connectivity index (χ0v) is 48.1. The molecule has 6 atom stereocenters. The molecule has 4 aromatic rings. The maximum Gasteiger partial charge on any atom is 0.412 e. The Hall–Kier alpha value is -6.99. The highest BCUT2D eigenvalue weighted by atomic mass is 16.7. The van der Waals surface area contributed by atoms with Gasteiger partial charge in [0.25, 0.3) is 5.69 Å². The van der Waals surface area contributed by atoms with Gasteiger partial charge in [-0.3, -0.25) is 15.0 Å². The van der Waals surface area contributed by atoms with E-state index < -0.39 is 40.8 Å². The molecule has 448 valence electrons. The number of aliphatic hydroxyl groups excluding tert-OH is 2. The lowest BCUT2D eigenvalue weighted by molar-refractivity contribution is -0.384. The molecule has 0 unspecified atom stereocenters. The van der Waals surface area contributed by atoms with Crippen LogP contribution in [0.2, 0.25) is 0 Å². The van der Waals surface area contributed by atoms with E-state index in [0.717, 1.165) is 42.4 Å². The van der Waals surface area contributed by atoms with Crippen LogP contribution in [0.1, 0.15) is 144 Å². The fourth-order valence-corrected chi connectivity index (χ4v) is 12.1. The second-order valence-electron chi connectivity index (χ2n) is 21.9. The number of oxime groups is 1. The Morgan fingerprint density at radius 1 is 0.807 bits per heavy atom. The summed E-state index contributed by atoms with van der Waals surface area (Å²) in [5.41, 5.74) is 4.34. The normalized spacial score (nSPS) is 20.5. The maximum atomic E-state index is 15.3. The first-order chi connectivity index (χ1) is 40.7. The molecular weight excluding hydrogens is 1060 g/mol. The van der Waals surface area contributed by atoms with Crippen molar-refractivity contribution in [2.75, 3.05) is 46.4 Å². The van der Waals surface area contributed by atoms with E-state index in [1.807, 2.05) is 48.5 Å². The third kappa shape index (κ3) is 16.9. The van der Waals surface area contributed by atoms with Gasteiger partial charge in [-0.25, -0.2) is 9.59 Å². The first-order valence-electron chi connectivity index (χ1n) is 30.0. The number of nitro benzene ring substituents is 1. The molecule has 4 aliphatic rings. The van der Waals surface area contributed by atoms with Crippen LogP contribution >= 0.6 is 0 Å². The molecule has 2 heterocycles. The maximum absolute atomic E-state index is 15.3. The Morgan fingerprint density at radius 2 is 1.51 bits per heavy atom. The van der Waals surface area contributed by atoms with Crippen LogP contribution in [0.5, 0.6) is 23.0 Å². The van der Waals surface area contributed by atoms with Gasteiger partial charge in [0.15, 0.2) is 11.5 Å². The minimum atomic E-state index is -1.66. The second kappa shape index (κ2) is 32.2. The Kier molecular flexibility index (Phi) is 24.1. The van der Waals surface area contributed by atoms with Gasteiger partial charge >= 0.3 is 12.2 Å². The van der Waals surface area contributed by atoms with E-state index in [4.69, 9.17) is 43.2 Å². The Bertz CT molecular complexity index is 2780. The van der Waals surface area contributed by atoms with E-state index in [0.29, 0.717) is 85.1 Å². The van der Waals surface area contributed by atoms with E-state index in [1.165, 1.54) is 57.1 Å². The summed E-state index contributed by atoms with van der Waals surface area (Å²) in [6.07, 6.45) is 18.4. The van der Waals surface area contributed by atoms with Crippen molar-refractivity contribution in [3.63, 3.8) is 0 Å². The number of nitrogens with one attached hydrogen (secondary N) is 1. The van der Waals surface area contributed by atoms with Crippen molar-refractivity contribution in [1.29, 1.82) is 0 Å². The molecule has 8 rings (SSSR count). The van der Waals surface area contributed by atoms with Crippen molar-refractivity contribution in [1.82, 2.24) is 10.2 Å². The summed E-state index contributed by atoms with van der Waals surface area (Å²) in [6, 6.07) is 25.7. The highest BCUT2D eigenvalue weighted by Gasteiger charge is 2.66. The lowest BCUT2D eigenvalue weighted by Gasteiger charge is -2.59. The fourth-order valence-electron chi connectivity index (χ4n) is 12.1. The third-order valence-electron chi connectivity index (χ3n) is 16.2. The van der Waals surface area contributed by atoms with Crippen LogP contribution in [-0.4, -0.2) is 96.1 Å². The van der Waals surface area contributed by atoms with E-state index in [2.05, 4.69) is 24.9 Å². The Labute approximate surface area is 488 Å². The number of aliphatic hydroxyl groups is 2. The van der Waals surface area contributed by atoms with Gasteiger partial charge in [-0.05, 0) is 109 Å². The molecule has 0 radical (unpaired) electrons. The Morgan fingerprint density at radius 3 is 2.24 bits per heavy atom. The largest absolute Gasteiger partial charge is 0.459 e. The molecule has 18 heteroatoms. The molecule has 1 fully saturated rings. The molecule has 4 aromatic carbocycles. The van der Waals surface area contributed by atoms with Crippen molar-refractivity contribution in [2.24, 2.45) is 22.9 Å². The number of ether oxygens (including phenoxy) is 7. The van der Waals surface area contributed by atoms with Gasteiger partial charge in [0.2, 0.25) is 12.6 Å². The molecule has 1 saturated carbocycles. The number of hydrogen-bond acceptors (Lipinski definition) is 15. The number of nitrogens with zero attached hydrogens (tertiary/aromatic N) is 3. The van der Waals surface area contributed by atoms with Crippen LogP contribution in [0.4, 0.5) is 15.3 Å². The molecule has 2 aliphatic carbocycles. The zero-order chi connectivity index (χ0) is 58.2. The van der Waals surface area contributed by atoms with Crippen molar-refractivity contribution in [3.05, 3.63) is 148 Å². The summed E-state index contributed by atoms with van der Waals surface area (Å²) in [5, 5.41) is 39.7. The molecule has 0 bridgehead atoms. The van der Waals surface area contributed by atoms with E-state index in [9.17, 15) is 25.1 Å². The molecule has 2 amide bonds. The standard InChI is InChI=1S/C65H84N4O14/c1-3-5-6-7-8-9-10-11-12-18-33-66-63(72)82-52-30-32-57-55(41-52)61-53(24-17-20-35-71)50(23-16-19-34-70)40-54-56(67-81-45-48-25-28-51(29-26-48)69(74)75)42-60(65(83-57,62(54)61)80-36-4-2)68(43-49-27-31-58-59(39-49)79-46-78-58)64(73)77-38-37-76-44-47-21-14-13-15-22-47/h4,13-15,21-22,25-32,39-41,50,53,60-62,70-71H,2-3,5-12,16-20,23-24,33-38,42-46H2,1H3,(H,66,72)/t50-,53+,60-,61+,62+,65+/m0/s1. The number of hydrogen-bond donors (Lipinski definition) is 3. The van der Waals surface area contributed by atoms with Crippen LogP contribution in [-0.2, 0) is 38.8 Å². The molecular formula is C65H84N4O14. The zero-order valence-electron chi connectivity index (χ0n) is 48.1. The average molecular weight is 1150 g/mol. The van der Waals surface area contributed by atoms with Crippen molar-refractivity contribution >= 4 is 23.6 Å². The number of carbonyl (C=O) groups excluding carboxylic acids is 2. The molecule has 83 heavy (non-hydrogen) atoms. The van der Waals surface area contributed by atoms with E-state index >= 15 is 4.79 Å². The molecule has 0 saturated heterocycles. The number of unbranched alkanes of at least 4 members (excludes halogenated alkanes) is 11. The summed E-state index contributed by atoms with van der Waals surface area (Å²) >= 11 is 0. The summed E-state index contributed by atoms with van der Waals surface area (Å²) in [7, 11) is 0. The Balaban J connectivity index is 1.19. The van der Waals surface area contributed by atoms with Crippen molar-refractivity contribution < 1.29 is 62.7 Å². The second-order valence-corrected chi connectivity index (χ2v) is 21.9. The number of rotatable bonds is 35. The smallest absolute Gasteiger partial charge is 0.412 e. The highest BCUT2D eigenvalue weighted by Crippen LogP contribution is 2.62. The van der Waals surface area contributed by atoms with Gasteiger partial charge in [0.1, 0.15) is 30.8 Å². The first-order valence-corrected chi connectivity index (χ1v) is 30.0. The van der Waals surface area contributed by atoms with Gasteiger partial charge in [0.05, 0.1) is 36.4 Å². The summed E-state index contributed by atoms with van der Waals surface area (Å²) < 4.78 is 44.4. The van der Waals surface area contributed by atoms with Gasteiger partial charge in [-0.15, -0.1) is 6.58 Å². The van der Waals surface area contributed by atoms with Crippen LogP contribution < -0.4 is 24.3 Å². The molecule has 18 nitrogen and oxygen atoms in total. The monoisotopic (exact) mass is 1140 g/mol.